The average molecular weight is 309 g/mol. The van der Waals surface area contributed by atoms with E-state index in [0.717, 1.165) is 17.8 Å². The minimum atomic E-state index is 0.309. The highest BCUT2D eigenvalue weighted by atomic mass is 15.3. The Morgan fingerprint density at radius 2 is 1.36 bits per heavy atom. The van der Waals surface area contributed by atoms with E-state index in [0.29, 0.717) is 17.0 Å². The molecule has 0 N–H and O–H groups in total. The molecule has 130 valence electrons. The van der Waals surface area contributed by atoms with E-state index in [1.165, 1.54) is 39.0 Å². The smallest absolute Gasteiger partial charge is 0.0207 e. The van der Waals surface area contributed by atoms with Gasteiger partial charge in [0.05, 0.1) is 0 Å². The fourth-order valence-electron chi connectivity index (χ4n) is 4.44. The molecule has 0 saturated carbocycles. The van der Waals surface area contributed by atoms with E-state index in [9.17, 15) is 0 Å². The Morgan fingerprint density at radius 3 is 1.77 bits per heavy atom. The molecule has 0 unspecified atom stereocenters. The SMILES string of the molecule is CC(C)C1CN(C(C)(C)C(C)(C)C2CCN(C(C)C)CC2)C1. The first kappa shape index (κ1) is 18.3. The van der Waals surface area contributed by atoms with Crippen LogP contribution in [-0.4, -0.2) is 47.6 Å². The maximum absolute atomic E-state index is 2.76. The van der Waals surface area contributed by atoms with Gasteiger partial charge >= 0.3 is 0 Å². The first-order chi connectivity index (χ1) is 10.1. The molecule has 0 atom stereocenters. The second-order valence-electron chi connectivity index (χ2n) is 9.59. The summed E-state index contributed by atoms with van der Waals surface area (Å²) in [4.78, 5) is 5.41. The molecule has 2 aliphatic rings. The van der Waals surface area contributed by atoms with Crippen LogP contribution >= 0.6 is 0 Å². The third kappa shape index (κ3) is 3.24. The number of hydrogen-bond acceptors (Lipinski definition) is 2. The van der Waals surface area contributed by atoms with Crippen LogP contribution in [0.4, 0.5) is 0 Å². The van der Waals surface area contributed by atoms with Crippen LogP contribution in [0.25, 0.3) is 0 Å². The van der Waals surface area contributed by atoms with Gasteiger partial charge in [-0.2, -0.15) is 0 Å². The van der Waals surface area contributed by atoms with Crippen molar-refractivity contribution >= 4 is 0 Å². The van der Waals surface area contributed by atoms with Gasteiger partial charge in [0, 0.05) is 24.7 Å². The van der Waals surface area contributed by atoms with Crippen molar-refractivity contribution in [1.82, 2.24) is 9.80 Å². The van der Waals surface area contributed by atoms with Crippen molar-refractivity contribution in [2.24, 2.45) is 23.2 Å². The molecule has 2 rings (SSSR count). The molecule has 2 aliphatic heterocycles. The third-order valence-electron chi connectivity index (χ3n) is 7.50. The Hall–Kier alpha value is -0.0800. The predicted octanol–water partition coefficient (Wildman–Crippen LogP) is 4.50. The van der Waals surface area contributed by atoms with Gasteiger partial charge in [-0.3, -0.25) is 4.90 Å². The molecule has 0 aromatic carbocycles. The summed E-state index contributed by atoms with van der Waals surface area (Å²) in [5.74, 6) is 2.61. The highest BCUT2D eigenvalue weighted by molar-refractivity contribution is 5.03. The first-order valence-electron chi connectivity index (χ1n) is 9.56. The van der Waals surface area contributed by atoms with E-state index in [2.05, 4.69) is 65.2 Å². The molecule has 2 heteroatoms. The van der Waals surface area contributed by atoms with Gasteiger partial charge in [0.2, 0.25) is 0 Å². The Bertz CT molecular complexity index is 356. The van der Waals surface area contributed by atoms with Crippen molar-refractivity contribution < 1.29 is 0 Å². The van der Waals surface area contributed by atoms with E-state index in [-0.39, 0.29) is 0 Å². The van der Waals surface area contributed by atoms with Gasteiger partial charge in [0.1, 0.15) is 0 Å². The Balaban J connectivity index is 1.97. The minimum Gasteiger partial charge on any atom is -0.301 e. The fourth-order valence-corrected chi connectivity index (χ4v) is 4.44. The summed E-state index contributed by atoms with van der Waals surface area (Å²) in [7, 11) is 0. The topological polar surface area (TPSA) is 6.48 Å². The molecule has 0 bridgehead atoms. The average Bonchev–Trinajstić information content (AvgIpc) is 2.35. The summed E-state index contributed by atoms with van der Waals surface area (Å²) < 4.78 is 0. The number of likely N-dealkylation sites (tertiary alicyclic amines) is 2. The van der Waals surface area contributed by atoms with Crippen LogP contribution in [-0.2, 0) is 0 Å². The summed E-state index contributed by atoms with van der Waals surface area (Å²) in [5, 5.41) is 0. The second kappa shape index (κ2) is 6.43. The van der Waals surface area contributed by atoms with Crippen LogP contribution in [0.2, 0.25) is 0 Å². The highest BCUT2D eigenvalue weighted by Crippen LogP contribution is 2.48. The summed E-state index contributed by atoms with van der Waals surface area (Å²) in [6.45, 7) is 24.7. The Kier molecular flexibility index (Phi) is 5.34. The third-order valence-corrected chi connectivity index (χ3v) is 7.50. The van der Waals surface area contributed by atoms with Crippen LogP contribution in [0.5, 0.6) is 0 Å². The van der Waals surface area contributed by atoms with Gasteiger partial charge in [-0.05, 0) is 76.8 Å². The molecule has 2 heterocycles. The summed E-state index contributed by atoms with van der Waals surface area (Å²) in [6.07, 6.45) is 2.74. The zero-order chi connectivity index (χ0) is 16.7. The molecular weight excluding hydrogens is 268 g/mol. The lowest BCUT2D eigenvalue weighted by atomic mass is 9.61. The van der Waals surface area contributed by atoms with Gasteiger partial charge in [0.25, 0.3) is 0 Å². The van der Waals surface area contributed by atoms with Gasteiger partial charge in [-0.1, -0.05) is 27.7 Å². The van der Waals surface area contributed by atoms with Crippen molar-refractivity contribution in [1.29, 1.82) is 0 Å². The van der Waals surface area contributed by atoms with E-state index in [1.54, 1.807) is 0 Å². The quantitative estimate of drug-likeness (QED) is 0.738. The predicted molar refractivity (Wildman–Crippen MR) is 97.2 cm³/mol. The molecule has 0 aliphatic carbocycles. The molecule has 22 heavy (non-hydrogen) atoms. The van der Waals surface area contributed by atoms with Crippen LogP contribution in [0, 0.1) is 23.2 Å². The van der Waals surface area contributed by atoms with Crippen molar-refractivity contribution in [3.05, 3.63) is 0 Å². The molecule has 0 amide bonds. The van der Waals surface area contributed by atoms with Gasteiger partial charge in [-0.15, -0.1) is 0 Å². The van der Waals surface area contributed by atoms with Gasteiger partial charge in [-0.25, -0.2) is 0 Å². The van der Waals surface area contributed by atoms with E-state index in [4.69, 9.17) is 0 Å². The van der Waals surface area contributed by atoms with Crippen LogP contribution in [0.1, 0.15) is 68.2 Å². The summed E-state index contributed by atoms with van der Waals surface area (Å²) in [5.41, 5.74) is 0.696. The van der Waals surface area contributed by atoms with Crippen molar-refractivity contribution in [2.45, 2.75) is 79.8 Å². The van der Waals surface area contributed by atoms with Gasteiger partial charge in [0.15, 0.2) is 0 Å². The Morgan fingerprint density at radius 1 is 0.864 bits per heavy atom. The molecule has 2 nitrogen and oxygen atoms in total. The molecular formula is C20H40N2. The zero-order valence-corrected chi connectivity index (χ0v) is 16.4. The number of piperidine rings is 1. The van der Waals surface area contributed by atoms with E-state index in [1.807, 2.05) is 0 Å². The molecule has 0 spiro atoms. The number of nitrogens with zero attached hydrogens (tertiary/aromatic N) is 2. The van der Waals surface area contributed by atoms with E-state index >= 15 is 0 Å². The van der Waals surface area contributed by atoms with Crippen molar-refractivity contribution in [3.63, 3.8) is 0 Å². The molecule has 0 radical (unpaired) electrons. The zero-order valence-electron chi connectivity index (χ0n) is 16.4. The largest absolute Gasteiger partial charge is 0.301 e. The lowest BCUT2D eigenvalue weighted by Gasteiger charge is -2.60. The first-order valence-corrected chi connectivity index (χ1v) is 9.56. The van der Waals surface area contributed by atoms with Gasteiger partial charge < -0.3 is 4.90 Å². The number of hydrogen-bond donors (Lipinski definition) is 0. The van der Waals surface area contributed by atoms with Crippen LogP contribution in [0.3, 0.4) is 0 Å². The molecule has 0 aromatic heterocycles. The summed E-state index contributed by atoms with van der Waals surface area (Å²) in [6, 6.07) is 0.708. The lowest BCUT2D eigenvalue weighted by Crippen LogP contribution is -2.65. The molecule has 2 saturated heterocycles. The number of rotatable bonds is 5. The van der Waals surface area contributed by atoms with Crippen LogP contribution in [0.15, 0.2) is 0 Å². The molecule has 2 fully saturated rings. The highest BCUT2D eigenvalue weighted by Gasteiger charge is 2.50. The fraction of sp³-hybridized carbons (Fsp3) is 1.00. The van der Waals surface area contributed by atoms with E-state index < -0.39 is 0 Å². The minimum absolute atomic E-state index is 0.309. The lowest BCUT2D eigenvalue weighted by molar-refractivity contribution is -0.103. The Labute approximate surface area is 139 Å². The summed E-state index contributed by atoms with van der Waals surface area (Å²) >= 11 is 0. The van der Waals surface area contributed by atoms with Crippen LogP contribution < -0.4 is 0 Å². The van der Waals surface area contributed by atoms with Crippen molar-refractivity contribution in [2.75, 3.05) is 26.2 Å². The maximum Gasteiger partial charge on any atom is 0.0207 e. The van der Waals surface area contributed by atoms with Crippen molar-refractivity contribution in [3.8, 4) is 0 Å². The monoisotopic (exact) mass is 308 g/mol. The molecule has 0 aromatic rings. The standard InChI is InChI=1S/C20H40N2/c1-15(2)17-13-22(14-17)20(7,8)19(5,6)18-9-11-21(12-10-18)16(3)4/h15-18H,9-14H2,1-8H3. The maximum atomic E-state index is 2.76. The second-order valence-corrected chi connectivity index (χ2v) is 9.59. The normalized spacial score (nSPS) is 24.3.